The number of imidazole rings is 1. The van der Waals surface area contributed by atoms with E-state index >= 15 is 0 Å². The van der Waals surface area contributed by atoms with Gasteiger partial charge in [-0.3, -0.25) is 0 Å². The van der Waals surface area contributed by atoms with Crippen LogP contribution in [0.15, 0.2) is 30.6 Å². The molecule has 2 aromatic rings. The number of nitrogens with zero attached hydrogens (tertiary/aromatic N) is 2. The molecule has 0 saturated carbocycles. The Bertz CT molecular complexity index is 836. The maximum Gasteiger partial charge on any atom is 0.328 e. The van der Waals surface area contributed by atoms with E-state index in [9.17, 15) is 9.59 Å². The normalized spacial score (nSPS) is 18.1. The Morgan fingerprint density at radius 2 is 2.11 bits per heavy atom. The number of urea groups is 1. The van der Waals surface area contributed by atoms with Crippen LogP contribution in [0.3, 0.4) is 0 Å². The van der Waals surface area contributed by atoms with Crippen molar-refractivity contribution in [3.05, 3.63) is 52.6 Å². The zero-order valence-electron chi connectivity index (χ0n) is 16.2. The first-order valence-corrected chi connectivity index (χ1v) is 9.76. The van der Waals surface area contributed by atoms with Crippen LogP contribution in [0, 0.1) is 5.92 Å². The first kappa shape index (κ1) is 20.2. The second-order valence-electron chi connectivity index (χ2n) is 7.00. The number of ether oxygens (including phenoxy) is 1. The van der Waals surface area contributed by atoms with Gasteiger partial charge in [0.15, 0.2) is 0 Å². The zero-order valence-corrected chi connectivity index (χ0v) is 17.0. The van der Waals surface area contributed by atoms with Gasteiger partial charge in [-0.25, -0.2) is 14.6 Å². The van der Waals surface area contributed by atoms with Gasteiger partial charge in [-0.05, 0) is 23.6 Å². The first-order valence-electron chi connectivity index (χ1n) is 9.38. The number of hydrogen-bond acceptors (Lipinski definition) is 4. The van der Waals surface area contributed by atoms with Crippen LogP contribution in [0.2, 0.25) is 5.02 Å². The summed E-state index contributed by atoms with van der Waals surface area (Å²) in [5, 5.41) is 3.50. The van der Waals surface area contributed by atoms with E-state index in [4.69, 9.17) is 16.3 Å². The number of aromatic amines is 1. The molecular formula is C20H25ClN4O3. The lowest BCUT2D eigenvalue weighted by Gasteiger charge is -2.36. The second-order valence-corrected chi connectivity index (χ2v) is 7.44. The molecule has 2 heterocycles. The molecule has 3 atom stereocenters. The molecule has 28 heavy (non-hydrogen) atoms. The van der Waals surface area contributed by atoms with Gasteiger partial charge in [-0.2, -0.15) is 0 Å². The van der Waals surface area contributed by atoms with E-state index in [-0.39, 0.29) is 18.0 Å². The Morgan fingerprint density at radius 1 is 1.39 bits per heavy atom. The molecule has 2 N–H and O–H groups in total. The number of fused-ring (bicyclic) bond motifs is 1. The molecule has 0 radical (unpaired) electrons. The van der Waals surface area contributed by atoms with Crippen molar-refractivity contribution in [1.82, 2.24) is 20.2 Å². The minimum Gasteiger partial charge on any atom is -0.467 e. The zero-order chi connectivity index (χ0) is 20.3. The number of carbonyl (C=O) groups is 2. The quantitative estimate of drug-likeness (QED) is 0.748. The fourth-order valence-electron chi connectivity index (χ4n) is 3.49. The van der Waals surface area contributed by atoms with Gasteiger partial charge in [0.2, 0.25) is 0 Å². The van der Waals surface area contributed by atoms with Crippen LogP contribution in [0.4, 0.5) is 4.79 Å². The van der Waals surface area contributed by atoms with E-state index in [2.05, 4.69) is 15.3 Å². The minimum atomic E-state index is -0.700. The molecule has 0 bridgehead atoms. The summed E-state index contributed by atoms with van der Waals surface area (Å²) in [6.07, 6.45) is 3.05. The summed E-state index contributed by atoms with van der Waals surface area (Å²) in [4.78, 5) is 34.7. The van der Waals surface area contributed by atoms with Crippen LogP contribution in [0.25, 0.3) is 0 Å². The van der Waals surface area contributed by atoms with Crippen molar-refractivity contribution in [2.24, 2.45) is 5.92 Å². The lowest BCUT2D eigenvalue weighted by Crippen LogP contribution is -2.53. The van der Waals surface area contributed by atoms with E-state index in [1.807, 2.05) is 26.0 Å². The SMILES string of the molecule is CCC(C)C(NC(=O)N1CCc2[nH]cnc2C1c1ccc(Cl)cc1)C(=O)OC. The molecule has 8 heteroatoms. The van der Waals surface area contributed by atoms with Gasteiger partial charge in [-0.15, -0.1) is 0 Å². The third-order valence-electron chi connectivity index (χ3n) is 5.32. The smallest absolute Gasteiger partial charge is 0.328 e. The summed E-state index contributed by atoms with van der Waals surface area (Å²) < 4.78 is 4.89. The predicted octanol–water partition coefficient (Wildman–Crippen LogP) is 3.31. The van der Waals surface area contributed by atoms with E-state index in [0.717, 1.165) is 23.4 Å². The average molecular weight is 405 g/mol. The molecule has 3 rings (SSSR count). The van der Waals surface area contributed by atoms with Gasteiger partial charge in [0.05, 0.1) is 19.1 Å². The molecule has 1 aliphatic heterocycles. The van der Waals surface area contributed by atoms with E-state index in [1.165, 1.54) is 7.11 Å². The van der Waals surface area contributed by atoms with Crippen molar-refractivity contribution >= 4 is 23.6 Å². The molecule has 7 nitrogen and oxygen atoms in total. The number of hydrogen-bond donors (Lipinski definition) is 2. The average Bonchev–Trinajstić information content (AvgIpc) is 3.19. The van der Waals surface area contributed by atoms with Crippen LogP contribution in [-0.4, -0.2) is 46.6 Å². The number of halogens is 1. The number of carbonyl (C=O) groups excluding carboxylic acids is 2. The van der Waals surface area contributed by atoms with Crippen LogP contribution < -0.4 is 5.32 Å². The first-order chi connectivity index (χ1) is 13.5. The molecule has 0 saturated heterocycles. The van der Waals surface area contributed by atoms with Gasteiger partial charge >= 0.3 is 12.0 Å². The number of rotatable bonds is 5. The van der Waals surface area contributed by atoms with Crippen molar-refractivity contribution in [1.29, 1.82) is 0 Å². The maximum absolute atomic E-state index is 13.2. The molecule has 0 aliphatic carbocycles. The number of esters is 1. The van der Waals surface area contributed by atoms with E-state index in [1.54, 1.807) is 23.4 Å². The fourth-order valence-corrected chi connectivity index (χ4v) is 3.62. The lowest BCUT2D eigenvalue weighted by atomic mass is 9.95. The molecule has 150 valence electrons. The van der Waals surface area contributed by atoms with Gasteiger partial charge in [0, 0.05) is 23.7 Å². The second kappa shape index (κ2) is 8.65. The molecule has 0 fully saturated rings. The van der Waals surface area contributed by atoms with E-state index in [0.29, 0.717) is 18.0 Å². The monoisotopic (exact) mass is 404 g/mol. The number of amides is 2. The highest BCUT2D eigenvalue weighted by Crippen LogP contribution is 2.34. The molecular weight excluding hydrogens is 380 g/mol. The molecule has 3 unspecified atom stereocenters. The number of aromatic nitrogens is 2. The summed E-state index contributed by atoms with van der Waals surface area (Å²) in [5.41, 5.74) is 2.73. The number of methoxy groups -OCH3 is 1. The summed E-state index contributed by atoms with van der Waals surface area (Å²) >= 11 is 6.03. The van der Waals surface area contributed by atoms with Gasteiger partial charge in [-0.1, -0.05) is 44.0 Å². The Balaban J connectivity index is 1.91. The minimum absolute atomic E-state index is 0.0453. The van der Waals surface area contributed by atoms with Gasteiger partial charge in [0.25, 0.3) is 0 Å². The number of benzene rings is 1. The van der Waals surface area contributed by atoms with Gasteiger partial charge < -0.3 is 19.9 Å². The Morgan fingerprint density at radius 3 is 2.75 bits per heavy atom. The number of H-pyrrole nitrogens is 1. The highest BCUT2D eigenvalue weighted by molar-refractivity contribution is 6.30. The Labute approximate surface area is 169 Å². The third-order valence-corrected chi connectivity index (χ3v) is 5.57. The van der Waals surface area contributed by atoms with Crippen molar-refractivity contribution < 1.29 is 14.3 Å². The molecule has 1 aromatic carbocycles. The van der Waals surface area contributed by atoms with Crippen LogP contribution in [0.5, 0.6) is 0 Å². The molecule has 1 aromatic heterocycles. The summed E-state index contributed by atoms with van der Waals surface area (Å²) in [5.74, 6) is -0.487. The van der Waals surface area contributed by atoms with E-state index < -0.39 is 12.0 Å². The summed E-state index contributed by atoms with van der Waals surface area (Å²) in [7, 11) is 1.33. The summed E-state index contributed by atoms with van der Waals surface area (Å²) in [6, 6.07) is 6.00. The van der Waals surface area contributed by atoms with Gasteiger partial charge in [0.1, 0.15) is 12.1 Å². The van der Waals surface area contributed by atoms with Crippen molar-refractivity contribution in [2.75, 3.05) is 13.7 Å². The predicted molar refractivity (Wildman–Crippen MR) is 106 cm³/mol. The molecule has 2 amide bonds. The van der Waals surface area contributed by atoms with Crippen LogP contribution >= 0.6 is 11.6 Å². The highest BCUT2D eigenvalue weighted by Gasteiger charge is 2.36. The molecule has 0 spiro atoms. The van der Waals surface area contributed by atoms with Crippen molar-refractivity contribution in [2.45, 2.75) is 38.8 Å². The lowest BCUT2D eigenvalue weighted by molar-refractivity contribution is -0.144. The van der Waals surface area contributed by atoms with Crippen molar-refractivity contribution in [3.8, 4) is 0 Å². The Kier molecular flexibility index (Phi) is 6.24. The number of nitrogens with one attached hydrogen (secondary N) is 2. The third kappa shape index (κ3) is 3.99. The molecule has 1 aliphatic rings. The highest BCUT2D eigenvalue weighted by atomic mass is 35.5. The standard InChI is InChI=1S/C20H25ClN4O3/c1-4-12(2)16(19(26)28-3)24-20(27)25-10-9-15-17(23-11-22-15)18(25)13-5-7-14(21)8-6-13/h5-8,11-12,16,18H,4,9-10H2,1-3H3,(H,22,23)(H,24,27). The van der Waals surface area contributed by atoms with Crippen LogP contribution in [0.1, 0.15) is 43.3 Å². The fraction of sp³-hybridized carbons (Fsp3) is 0.450. The van der Waals surface area contributed by atoms with Crippen LogP contribution in [-0.2, 0) is 16.0 Å². The maximum atomic E-state index is 13.2. The largest absolute Gasteiger partial charge is 0.467 e. The topological polar surface area (TPSA) is 87.3 Å². The summed E-state index contributed by atoms with van der Waals surface area (Å²) in [6.45, 7) is 4.39. The Hall–Kier alpha value is -2.54. The van der Waals surface area contributed by atoms with Crippen molar-refractivity contribution in [3.63, 3.8) is 0 Å².